The summed E-state index contributed by atoms with van der Waals surface area (Å²) >= 11 is 0. The molecule has 0 fully saturated rings. The van der Waals surface area contributed by atoms with E-state index in [0.29, 0.717) is 5.75 Å². The molecule has 3 nitrogen and oxygen atoms in total. The fourth-order valence-corrected chi connectivity index (χ4v) is 1.52. The average molecular weight is 216 g/mol. The summed E-state index contributed by atoms with van der Waals surface area (Å²) in [7, 11) is 1.51. The van der Waals surface area contributed by atoms with E-state index in [1.165, 1.54) is 7.11 Å². The van der Waals surface area contributed by atoms with E-state index in [1.807, 2.05) is 6.07 Å². The van der Waals surface area contributed by atoms with Crippen LogP contribution in [0.1, 0.15) is 0 Å². The maximum atomic E-state index is 9.63. The second kappa shape index (κ2) is 4.14. The number of methoxy groups -OCH3 is 1. The third-order valence-corrected chi connectivity index (χ3v) is 2.38. The minimum atomic E-state index is 0.105. The minimum Gasteiger partial charge on any atom is -0.508 e. The highest BCUT2D eigenvalue weighted by atomic mass is 16.5. The molecular formula is C13H12O3. The first-order chi connectivity index (χ1) is 7.70. The lowest BCUT2D eigenvalue weighted by molar-refractivity contribution is 0.373. The highest BCUT2D eigenvalue weighted by molar-refractivity contribution is 5.67. The molecule has 2 N–H and O–H groups in total. The van der Waals surface area contributed by atoms with Gasteiger partial charge in [-0.25, -0.2) is 0 Å². The van der Waals surface area contributed by atoms with Gasteiger partial charge >= 0.3 is 0 Å². The van der Waals surface area contributed by atoms with Crippen molar-refractivity contribution in [2.75, 3.05) is 7.11 Å². The second-order valence-corrected chi connectivity index (χ2v) is 3.43. The largest absolute Gasteiger partial charge is 0.508 e. The van der Waals surface area contributed by atoms with E-state index >= 15 is 0 Å². The van der Waals surface area contributed by atoms with Crippen molar-refractivity contribution >= 4 is 0 Å². The minimum absolute atomic E-state index is 0.105. The molecule has 0 unspecified atom stereocenters. The Labute approximate surface area is 93.6 Å². The number of hydrogen-bond donors (Lipinski definition) is 2. The van der Waals surface area contributed by atoms with Gasteiger partial charge in [-0.15, -0.1) is 0 Å². The van der Waals surface area contributed by atoms with Crippen LogP contribution in [0.4, 0.5) is 0 Å². The van der Waals surface area contributed by atoms with Crippen LogP contribution in [0.2, 0.25) is 0 Å². The summed E-state index contributed by atoms with van der Waals surface area (Å²) in [5.41, 5.74) is 1.80. The summed E-state index contributed by atoms with van der Waals surface area (Å²) in [6.45, 7) is 0. The molecule has 0 bridgehead atoms. The molecule has 16 heavy (non-hydrogen) atoms. The first-order valence-corrected chi connectivity index (χ1v) is 4.87. The highest BCUT2D eigenvalue weighted by Gasteiger charge is 2.04. The van der Waals surface area contributed by atoms with Gasteiger partial charge in [0.2, 0.25) is 0 Å². The van der Waals surface area contributed by atoms with Crippen molar-refractivity contribution in [2.24, 2.45) is 0 Å². The molecule has 0 atom stereocenters. The number of phenolic OH excluding ortho intramolecular Hbond substituents is 2. The predicted octanol–water partition coefficient (Wildman–Crippen LogP) is 2.77. The summed E-state index contributed by atoms with van der Waals surface area (Å²) < 4.78 is 4.96. The van der Waals surface area contributed by atoms with Gasteiger partial charge in [0.05, 0.1) is 7.11 Å². The van der Waals surface area contributed by atoms with Gasteiger partial charge in [-0.05, 0) is 35.4 Å². The molecule has 82 valence electrons. The molecule has 0 spiro atoms. The fraction of sp³-hybridized carbons (Fsp3) is 0.0769. The zero-order chi connectivity index (χ0) is 11.5. The zero-order valence-electron chi connectivity index (χ0n) is 8.84. The molecule has 0 aliphatic heterocycles. The van der Waals surface area contributed by atoms with Gasteiger partial charge in [-0.2, -0.15) is 0 Å². The molecule has 3 heteroatoms. The lowest BCUT2D eigenvalue weighted by Crippen LogP contribution is -1.84. The van der Waals surface area contributed by atoms with Crippen LogP contribution < -0.4 is 4.74 Å². The van der Waals surface area contributed by atoms with Crippen molar-refractivity contribution in [3.63, 3.8) is 0 Å². The van der Waals surface area contributed by atoms with Crippen molar-refractivity contribution in [3.8, 4) is 28.4 Å². The molecule has 0 aromatic heterocycles. The first-order valence-electron chi connectivity index (χ1n) is 4.87. The van der Waals surface area contributed by atoms with Crippen LogP contribution in [0.15, 0.2) is 42.5 Å². The summed E-state index contributed by atoms with van der Waals surface area (Å²) in [6, 6.07) is 12.0. The van der Waals surface area contributed by atoms with Crippen molar-refractivity contribution in [1.82, 2.24) is 0 Å². The SMILES string of the molecule is COc1ccc(-c2ccc(O)cc2)cc1O. The Hall–Kier alpha value is -2.16. The fourth-order valence-electron chi connectivity index (χ4n) is 1.52. The standard InChI is InChI=1S/C13H12O3/c1-16-13-7-4-10(8-12(13)15)9-2-5-11(14)6-3-9/h2-8,14-15H,1H3. The summed E-state index contributed by atoms with van der Waals surface area (Å²) in [5.74, 6) is 0.775. The molecule has 0 saturated heterocycles. The first kappa shape index (κ1) is 10.4. The number of rotatable bonds is 2. The van der Waals surface area contributed by atoms with Crippen LogP contribution in [0, 0.1) is 0 Å². The molecular weight excluding hydrogens is 204 g/mol. The van der Waals surface area contributed by atoms with Gasteiger partial charge in [-0.1, -0.05) is 18.2 Å². The van der Waals surface area contributed by atoms with Gasteiger partial charge in [0.15, 0.2) is 11.5 Å². The van der Waals surface area contributed by atoms with Crippen molar-refractivity contribution in [1.29, 1.82) is 0 Å². The maximum absolute atomic E-state index is 9.63. The highest BCUT2D eigenvalue weighted by Crippen LogP contribution is 2.31. The van der Waals surface area contributed by atoms with E-state index in [-0.39, 0.29) is 11.5 Å². The summed E-state index contributed by atoms with van der Waals surface area (Å²) in [4.78, 5) is 0. The third-order valence-electron chi connectivity index (χ3n) is 2.38. The van der Waals surface area contributed by atoms with Crippen LogP contribution in [-0.4, -0.2) is 17.3 Å². The Morgan fingerprint density at radius 3 is 2.06 bits per heavy atom. The Balaban J connectivity index is 2.41. The van der Waals surface area contributed by atoms with Crippen LogP contribution in [0.5, 0.6) is 17.2 Å². The lowest BCUT2D eigenvalue weighted by atomic mass is 10.1. The number of ether oxygens (including phenoxy) is 1. The van der Waals surface area contributed by atoms with E-state index in [1.54, 1.807) is 36.4 Å². The van der Waals surface area contributed by atoms with Crippen molar-refractivity contribution in [3.05, 3.63) is 42.5 Å². The molecule has 0 radical (unpaired) electrons. The van der Waals surface area contributed by atoms with E-state index in [4.69, 9.17) is 4.74 Å². The van der Waals surface area contributed by atoms with Gasteiger partial charge < -0.3 is 14.9 Å². The molecule has 0 aliphatic rings. The van der Waals surface area contributed by atoms with Gasteiger partial charge in [-0.3, -0.25) is 0 Å². The quantitative estimate of drug-likeness (QED) is 0.811. The average Bonchev–Trinajstić information content (AvgIpc) is 2.30. The summed E-state index contributed by atoms with van der Waals surface area (Å²) in [5, 5.41) is 18.8. The van der Waals surface area contributed by atoms with Gasteiger partial charge in [0.1, 0.15) is 5.75 Å². The van der Waals surface area contributed by atoms with E-state index in [2.05, 4.69) is 0 Å². The van der Waals surface area contributed by atoms with Gasteiger partial charge in [0, 0.05) is 0 Å². The van der Waals surface area contributed by atoms with Gasteiger partial charge in [0.25, 0.3) is 0 Å². The van der Waals surface area contributed by atoms with Crippen LogP contribution in [0.25, 0.3) is 11.1 Å². The Kier molecular flexibility index (Phi) is 2.68. The predicted molar refractivity (Wildman–Crippen MR) is 61.8 cm³/mol. The van der Waals surface area contributed by atoms with Crippen LogP contribution >= 0.6 is 0 Å². The number of hydrogen-bond acceptors (Lipinski definition) is 3. The van der Waals surface area contributed by atoms with E-state index in [9.17, 15) is 10.2 Å². The Bertz CT molecular complexity index is 489. The third kappa shape index (κ3) is 1.93. The normalized spacial score (nSPS) is 10.1. The molecule has 0 amide bonds. The molecule has 2 aromatic carbocycles. The topological polar surface area (TPSA) is 49.7 Å². The van der Waals surface area contributed by atoms with E-state index in [0.717, 1.165) is 11.1 Å². The van der Waals surface area contributed by atoms with Crippen LogP contribution in [0.3, 0.4) is 0 Å². The maximum Gasteiger partial charge on any atom is 0.160 e. The smallest absolute Gasteiger partial charge is 0.160 e. The Morgan fingerprint density at radius 2 is 1.50 bits per heavy atom. The Morgan fingerprint density at radius 1 is 0.875 bits per heavy atom. The molecule has 0 saturated carbocycles. The summed E-state index contributed by atoms with van der Waals surface area (Å²) in [6.07, 6.45) is 0. The number of aromatic hydroxyl groups is 2. The number of phenols is 2. The molecule has 2 rings (SSSR count). The molecule has 0 aliphatic carbocycles. The zero-order valence-corrected chi connectivity index (χ0v) is 8.84. The number of benzene rings is 2. The molecule has 0 heterocycles. The van der Waals surface area contributed by atoms with Crippen LogP contribution in [-0.2, 0) is 0 Å². The second-order valence-electron chi connectivity index (χ2n) is 3.43. The van der Waals surface area contributed by atoms with E-state index < -0.39 is 0 Å². The monoisotopic (exact) mass is 216 g/mol. The molecule has 2 aromatic rings. The van der Waals surface area contributed by atoms with Crippen molar-refractivity contribution in [2.45, 2.75) is 0 Å². The lowest BCUT2D eigenvalue weighted by Gasteiger charge is -2.06. The van der Waals surface area contributed by atoms with Crippen molar-refractivity contribution < 1.29 is 14.9 Å².